The molecule has 2 unspecified atom stereocenters. The van der Waals surface area contributed by atoms with Crippen LogP contribution in [-0.2, 0) is 14.8 Å². The number of benzene rings is 1. The topological polar surface area (TPSA) is 81.4 Å². The predicted octanol–water partition coefficient (Wildman–Crippen LogP) is 1.55. The Morgan fingerprint density at radius 3 is 2.90 bits per heavy atom. The molecule has 0 aliphatic carbocycles. The van der Waals surface area contributed by atoms with Crippen LogP contribution < -0.4 is 10.5 Å². The second kappa shape index (κ2) is 6.67. The average Bonchev–Trinajstić information content (AvgIpc) is 2.46. The van der Waals surface area contributed by atoms with Gasteiger partial charge < -0.3 is 10.5 Å². The van der Waals surface area contributed by atoms with Gasteiger partial charge in [-0.1, -0.05) is 12.1 Å². The van der Waals surface area contributed by atoms with Gasteiger partial charge >= 0.3 is 0 Å². The van der Waals surface area contributed by atoms with Crippen molar-refractivity contribution in [2.24, 2.45) is 5.73 Å². The fourth-order valence-electron chi connectivity index (χ4n) is 2.22. The Bertz CT molecular complexity index is 537. The number of hydrogen-bond donors (Lipinski definition) is 2. The van der Waals surface area contributed by atoms with E-state index in [1.54, 1.807) is 18.2 Å². The second-order valence-electron chi connectivity index (χ2n) is 5.20. The molecule has 0 radical (unpaired) electrons. The first kappa shape index (κ1) is 15.4. The zero-order chi connectivity index (χ0) is 14.6. The van der Waals surface area contributed by atoms with Gasteiger partial charge in [-0.15, -0.1) is 0 Å². The van der Waals surface area contributed by atoms with Gasteiger partial charge in [0.25, 0.3) is 0 Å². The Kier molecular flexibility index (Phi) is 5.15. The van der Waals surface area contributed by atoms with Crippen molar-refractivity contribution in [1.82, 2.24) is 4.72 Å². The van der Waals surface area contributed by atoms with Crippen LogP contribution in [0, 0.1) is 0 Å². The van der Waals surface area contributed by atoms with Crippen LogP contribution >= 0.6 is 0 Å². The van der Waals surface area contributed by atoms with E-state index in [0.29, 0.717) is 13.2 Å². The third kappa shape index (κ3) is 4.02. The highest BCUT2D eigenvalue weighted by molar-refractivity contribution is 7.89. The van der Waals surface area contributed by atoms with Gasteiger partial charge in [-0.2, -0.15) is 0 Å². The van der Waals surface area contributed by atoms with Crippen LogP contribution in [0.25, 0.3) is 0 Å². The van der Waals surface area contributed by atoms with Crippen LogP contribution in [0.4, 0.5) is 0 Å². The molecule has 6 heteroatoms. The summed E-state index contributed by atoms with van der Waals surface area (Å²) in [5.74, 6) is 0. The lowest BCUT2D eigenvalue weighted by atomic mass is 10.1. The molecule has 3 N–H and O–H groups in total. The van der Waals surface area contributed by atoms with Gasteiger partial charge in [-0.3, -0.25) is 0 Å². The number of nitrogens with two attached hydrogens (primary N) is 1. The van der Waals surface area contributed by atoms with Gasteiger partial charge in [0.1, 0.15) is 0 Å². The molecule has 0 bridgehead atoms. The molecule has 0 spiro atoms. The minimum absolute atomic E-state index is 0.0184. The number of hydrogen-bond acceptors (Lipinski definition) is 4. The second-order valence-corrected chi connectivity index (χ2v) is 6.97. The Morgan fingerprint density at radius 2 is 2.25 bits per heavy atom. The van der Waals surface area contributed by atoms with Crippen LogP contribution in [0.3, 0.4) is 0 Å². The first-order valence-corrected chi connectivity index (χ1v) is 8.44. The van der Waals surface area contributed by atoms with E-state index in [-0.39, 0.29) is 17.0 Å². The summed E-state index contributed by atoms with van der Waals surface area (Å²) in [7, 11) is -3.50. The summed E-state index contributed by atoms with van der Waals surface area (Å²) >= 11 is 0. The lowest BCUT2D eigenvalue weighted by Gasteiger charge is -2.22. The van der Waals surface area contributed by atoms with Crippen LogP contribution in [0.15, 0.2) is 29.2 Å². The third-order valence-electron chi connectivity index (χ3n) is 3.47. The average molecular weight is 298 g/mol. The minimum Gasteiger partial charge on any atom is -0.377 e. The van der Waals surface area contributed by atoms with Crippen molar-refractivity contribution < 1.29 is 13.2 Å². The molecule has 1 fully saturated rings. The molecular weight excluding hydrogens is 276 g/mol. The van der Waals surface area contributed by atoms with Crippen molar-refractivity contribution in [3.8, 4) is 0 Å². The number of nitrogens with one attached hydrogen (secondary N) is 1. The molecule has 1 aromatic carbocycles. The maximum Gasteiger partial charge on any atom is 0.240 e. The van der Waals surface area contributed by atoms with E-state index in [9.17, 15) is 8.42 Å². The zero-order valence-corrected chi connectivity index (χ0v) is 12.5. The summed E-state index contributed by atoms with van der Waals surface area (Å²) in [4.78, 5) is 0.253. The molecule has 5 nitrogen and oxygen atoms in total. The van der Waals surface area contributed by atoms with Crippen LogP contribution in [-0.4, -0.2) is 27.7 Å². The standard InChI is InChI=1S/C14H22N2O3S/c1-11(15)12-5-4-7-14(9-12)20(17,18)16-10-13-6-2-3-8-19-13/h4-5,7,9,11,13,16H,2-3,6,8,10,15H2,1H3. The van der Waals surface area contributed by atoms with Gasteiger partial charge in [-0.05, 0) is 43.9 Å². The molecular formula is C14H22N2O3S. The lowest BCUT2D eigenvalue weighted by Crippen LogP contribution is -2.35. The van der Waals surface area contributed by atoms with Crippen LogP contribution in [0.2, 0.25) is 0 Å². The molecule has 1 aliphatic rings. The molecule has 20 heavy (non-hydrogen) atoms. The van der Waals surface area contributed by atoms with Crippen molar-refractivity contribution in [3.63, 3.8) is 0 Å². The largest absolute Gasteiger partial charge is 0.377 e. The number of ether oxygens (including phenoxy) is 1. The van der Waals surface area contributed by atoms with E-state index in [1.165, 1.54) is 0 Å². The van der Waals surface area contributed by atoms with E-state index in [4.69, 9.17) is 10.5 Å². The summed E-state index contributed by atoms with van der Waals surface area (Å²) in [6.07, 6.45) is 3.03. The SMILES string of the molecule is CC(N)c1cccc(S(=O)(=O)NCC2CCCCO2)c1. The van der Waals surface area contributed by atoms with Gasteiger partial charge in [0.2, 0.25) is 10.0 Å². The predicted molar refractivity (Wildman–Crippen MR) is 77.8 cm³/mol. The fourth-order valence-corrected chi connectivity index (χ4v) is 3.34. The number of rotatable bonds is 5. The summed E-state index contributed by atoms with van der Waals surface area (Å²) < 4.78 is 32.6. The Morgan fingerprint density at radius 1 is 1.45 bits per heavy atom. The van der Waals surface area contributed by atoms with E-state index in [2.05, 4.69) is 4.72 Å². The molecule has 0 amide bonds. The molecule has 2 atom stereocenters. The molecule has 2 rings (SSSR count). The Balaban J connectivity index is 2.03. The third-order valence-corrected chi connectivity index (χ3v) is 4.89. The van der Waals surface area contributed by atoms with E-state index in [1.807, 2.05) is 13.0 Å². The summed E-state index contributed by atoms with van der Waals surface area (Å²) in [6, 6.07) is 6.55. The molecule has 0 saturated carbocycles. The molecule has 1 saturated heterocycles. The smallest absolute Gasteiger partial charge is 0.240 e. The molecule has 1 heterocycles. The molecule has 1 aliphatic heterocycles. The van der Waals surface area contributed by atoms with Crippen molar-refractivity contribution in [2.45, 2.75) is 43.2 Å². The van der Waals surface area contributed by atoms with Crippen LogP contribution in [0.1, 0.15) is 37.8 Å². The maximum atomic E-state index is 12.2. The van der Waals surface area contributed by atoms with Crippen molar-refractivity contribution in [1.29, 1.82) is 0 Å². The van der Waals surface area contributed by atoms with E-state index in [0.717, 1.165) is 24.8 Å². The summed E-state index contributed by atoms with van der Waals surface area (Å²) in [5.41, 5.74) is 6.59. The normalized spacial score (nSPS) is 21.6. The zero-order valence-electron chi connectivity index (χ0n) is 11.7. The van der Waals surface area contributed by atoms with E-state index < -0.39 is 10.0 Å². The first-order valence-electron chi connectivity index (χ1n) is 6.96. The van der Waals surface area contributed by atoms with Gasteiger partial charge in [0.15, 0.2) is 0 Å². The van der Waals surface area contributed by atoms with Gasteiger partial charge in [0, 0.05) is 19.2 Å². The lowest BCUT2D eigenvalue weighted by molar-refractivity contribution is 0.0200. The molecule has 0 aromatic heterocycles. The van der Waals surface area contributed by atoms with Crippen molar-refractivity contribution in [3.05, 3.63) is 29.8 Å². The Labute approximate surface area is 120 Å². The van der Waals surface area contributed by atoms with Gasteiger partial charge in [0.05, 0.1) is 11.0 Å². The highest BCUT2D eigenvalue weighted by atomic mass is 32.2. The Hall–Kier alpha value is -0.950. The minimum atomic E-state index is -3.50. The fraction of sp³-hybridized carbons (Fsp3) is 0.571. The molecule has 112 valence electrons. The quantitative estimate of drug-likeness (QED) is 0.864. The van der Waals surface area contributed by atoms with Gasteiger partial charge in [-0.25, -0.2) is 13.1 Å². The molecule has 1 aromatic rings. The maximum absolute atomic E-state index is 12.2. The van der Waals surface area contributed by atoms with E-state index >= 15 is 0 Å². The first-order chi connectivity index (χ1) is 9.49. The highest BCUT2D eigenvalue weighted by Crippen LogP contribution is 2.17. The highest BCUT2D eigenvalue weighted by Gasteiger charge is 2.19. The monoisotopic (exact) mass is 298 g/mol. The summed E-state index contributed by atoms with van der Waals surface area (Å²) in [6.45, 7) is 2.87. The van der Waals surface area contributed by atoms with Crippen LogP contribution in [0.5, 0.6) is 0 Å². The van der Waals surface area contributed by atoms with Crippen molar-refractivity contribution in [2.75, 3.05) is 13.2 Å². The summed E-state index contributed by atoms with van der Waals surface area (Å²) in [5, 5.41) is 0. The number of sulfonamides is 1. The van der Waals surface area contributed by atoms with Crippen molar-refractivity contribution >= 4 is 10.0 Å².